The Morgan fingerprint density at radius 1 is 0.953 bits per heavy atom. The van der Waals surface area contributed by atoms with E-state index in [1.165, 1.54) is 12.1 Å². The molecule has 3 aromatic rings. The van der Waals surface area contributed by atoms with Gasteiger partial charge in [0, 0.05) is 44.0 Å². The highest BCUT2D eigenvalue weighted by Crippen LogP contribution is 2.35. The van der Waals surface area contributed by atoms with Gasteiger partial charge in [-0.1, -0.05) is 36.4 Å². The third kappa shape index (κ3) is 7.15. The lowest BCUT2D eigenvalue weighted by Gasteiger charge is -2.36. The average Bonchev–Trinajstić information content (AvgIpc) is 3.28. The van der Waals surface area contributed by atoms with Crippen LogP contribution in [-0.2, 0) is 16.2 Å². The number of hydrogen-bond acceptors (Lipinski definition) is 9. The van der Waals surface area contributed by atoms with E-state index in [9.17, 15) is 24.5 Å². The van der Waals surface area contributed by atoms with Gasteiger partial charge in [0.1, 0.15) is 13.2 Å². The first kappa shape index (κ1) is 29.6. The molecule has 11 nitrogen and oxygen atoms in total. The Balaban J connectivity index is 1.21. The number of benzene rings is 3. The number of nitrogens with zero attached hydrogens (tertiary/aromatic N) is 4. The predicted molar refractivity (Wildman–Crippen MR) is 163 cm³/mol. The van der Waals surface area contributed by atoms with Gasteiger partial charge in [-0.25, -0.2) is 0 Å². The molecule has 3 aromatic carbocycles. The Bertz CT molecular complexity index is 1550. The molecular formula is C31H30N4O7S. The van der Waals surface area contributed by atoms with Gasteiger partial charge in [-0.2, -0.15) is 0 Å². The number of thioether (sulfide) groups is 1. The van der Waals surface area contributed by atoms with Crippen LogP contribution in [0.15, 0.2) is 77.7 Å². The second-order valence-electron chi connectivity index (χ2n) is 9.83. The molecule has 5 rings (SSSR count). The van der Waals surface area contributed by atoms with E-state index in [1.54, 1.807) is 41.3 Å². The van der Waals surface area contributed by atoms with E-state index in [1.807, 2.05) is 37.3 Å². The molecule has 0 aromatic heterocycles. The maximum Gasteiger partial charge on any atom is 0.294 e. The zero-order valence-corrected chi connectivity index (χ0v) is 24.3. The maximum atomic E-state index is 13.1. The highest BCUT2D eigenvalue weighted by atomic mass is 32.2. The number of imide groups is 1. The van der Waals surface area contributed by atoms with E-state index in [0.29, 0.717) is 55.4 Å². The van der Waals surface area contributed by atoms with Crippen molar-refractivity contribution in [2.24, 2.45) is 0 Å². The molecule has 0 spiro atoms. The minimum absolute atomic E-state index is 0.0252. The fraction of sp³-hybridized carbons (Fsp3) is 0.258. The summed E-state index contributed by atoms with van der Waals surface area (Å²) >= 11 is 0.790. The zero-order chi connectivity index (χ0) is 30.3. The molecule has 0 aliphatic carbocycles. The van der Waals surface area contributed by atoms with Crippen molar-refractivity contribution in [1.82, 2.24) is 9.80 Å². The van der Waals surface area contributed by atoms with Crippen molar-refractivity contribution in [2.45, 2.75) is 13.5 Å². The standard InChI is InChI=1S/C31H30N4O7S/c1-2-41-27-18-22(11-12-26(27)42-21-23-7-6-10-25(17-23)35(39)40)19-28-30(37)34(31(38)43-28)20-29(36)33-15-13-32(14-16-33)24-8-4-3-5-9-24/h3-12,17-19H,2,13-16,20-21H2,1H3/b28-19+. The highest BCUT2D eigenvalue weighted by Gasteiger charge is 2.37. The summed E-state index contributed by atoms with van der Waals surface area (Å²) in [6.07, 6.45) is 1.58. The van der Waals surface area contributed by atoms with Crippen molar-refractivity contribution >= 4 is 46.3 Å². The summed E-state index contributed by atoms with van der Waals surface area (Å²) in [4.78, 5) is 54.5. The topological polar surface area (TPSA) is 123 Å². The minimum atomic E-state index is -0.518. The number of ether oxygens (including phenoxy) is 2. The fourth-order valence-electron chi connectivity index (χ4n) is 4.80. The van der Waals surface area contributed by atoms with E-state index in [2.05, 4.69) is 4.90 Å². The van der Waals surface area contributed by atoms with Gasteiger partial charge in [0.25, 0.3) is 16.8 Å². The summed E-state index contributed by atoms with van der Waals surface area (Å²) in [5.41, 5.74) is 2.31. The molecule has 0 unspecified atom stereocenters. The molecule has 0 atom stereocenters. The predicted octanol–water partition coefficient (Wildman–Crippen LogP) is 4.96. The molecule has 2 aliphatic rings. The number of non-ortho nitro benzene ring substituents is 1. The van der Waals surface area contributed by atoms with Gasteiger partial charge in [0.05, 0.1) is 16.4 Å². The number of para-hydroxylation sites is 1. The van der Waals surface area contributed by atoms with Crippen LogP contribution in [0, 0.1) is 10.1 Å². The Morgan fingerprint density at radius 3 is 2.44 bits per heavy atom. The minimum Gasteiger partial charge on any atom is -0.490 e. The van der Waals surface area contributed by atoms with Gasteiger partial charge in [-0.3, -0.25) is 29.4 Å². The van der Waals surface area contributed by atoms with Gasteiger partial charge >= 0.3 is 0 Å². The second-order valence-corrected chi connectivity index (χ2v) is 10.8. The number of nitro groups is 1. The van der Waals surface area contributed by atoms with E-state index < -0.39 is 16.1 Å². The summed E-state index contributed by atoms with van der Waals surface area (Å²) in [5, 5.41) is 10.6. The average molecular weight is 603 g/mol. The lowest BCUT2D eigenvalue weighted by Crippen LogP contribution is -2.51. The van der Waals surface area contributed by atoms with Gasteiger partial charge in [0.2, 0.25) is 5.91 Å². The van der Waals surface area contributed by atoms with Gasteiger partial charge < -0.3 is 19.3 Å². The molecule has 0 N–H and O–H groups in total. The molecule has 2 saturated heterocycles. The quantitative estimate of drug-likeness (QED) is 0.180. The molecule has 0 radical (unpaired) electrons. The van der Waals surface area contributed by atoms with Gasteiger partial charge in [-0.15, -0.1) is 0 Å². The number of nitro benzene ring substituents is 1. The molecule has 0 bridgehead atoms. The van der Waals surface area contributed by atoms with Crippen molar-refractivity contribution in [2.75, 3.05) is 44.2 Å². The summed E-state index contributed by atoms with van der Waals surface area (Å²) in [6.45, 7) is 4.33. The molecule has 2 heterocycles. The number of carbonyl (C=O) groups is 3. The molecule has 3 amide bonds. The largest absolute Gasteiger partial charge is 0.490 e. The Morgan fingerprint density at radius 2 is 1.72 bits per heavy atom. The van der Waals surface area contributed by atoms with Gasteiger partial charge in [0.15, 0.2) is 11.5 Å². The van der Waals surface area contributed by atoms with Crippen molar-refractivity contribution in [1.29, 1.82) is 0 Å². The van der Waals surface area contributed by atoms with Crippen LogP contribution in [0.3, 0.4) is 0 Å². The number of amides is 3. The van der Waals surface area contributed by atoms with E-state index in [4.69, 9.17) is 9.47 Å². The molecule has 12 heteroatoms. The molecule has 2 fully saturated rings. The number of piperazine rings is 1. The Kier molecular flexibility index (Phi) is 9.26. The molecule has 43 heavy (non-hydrogen) atoms. The fourth-order valence-corrected chi connectivity index (χ4v) is 5.64. The van der Waals surface area contributed by atoms with Crippen molar-refractivity contribution in [3.05, 3.63) is 98.9 Å². The first-order valence-corrected chi connectivity index (χ1v) is 14.6. The summed E-state index contributed by atoms with van der Waals surface area (Å²) in [7, 11) is 0. The highest BCUT2D eigenvalue weighted by molar-refractivity contribution is 8.18. The third-order valence-electron chi connectivity index (χ3n) is 7.00. The normalized spacial score (nSPS) is 16.1. The van der Waals surface area contributed by atoms with Crippen LogP contribution in [0.1, 0.15) is 18.1 Å². The summed E-state index contributed by atoms with van der Waals surface area (Å²) in [5.74, 6) is 0.0673. The number of rotatable bonds is 10. The Hall–Kier alpha value is -4.84. The molecular weight excluding hydrogens is 572 g/mol. The first-order chi connectivity index (χ1) is 20.8. The zero-order valence-electron chi connectivity index (χ0n) is 23.5. The van der Waals surface area contributed by atoms with Crippen LogP contribution in [0.5, 0.6) is 11.5 Å². The Labute approximate surface area is 252 Å². The monoisotopic (exact) mass is 602 g/mol. The second kappa shape index (κ2) is 13.4. The van der Waals surface area contributed by atoms with Crippen LogP contribution < -0.4 is 14.4 Å². The van der Waals surface area contributed by atoms with Crippen molar-refractivity contribution in [3.8, 4) is 11.5 Å². The van der Waals surface area contributed by atoms with Gasteiger partial charge in [-0.05, 0) is 60.2 Å². The number of anilines is 1. The maximum absolute atomic E-state index is 13.1. The van der Waals surface area contributed by atoms with Crippen LogP contribution >= 0.6 is 11.8 Å². The van der Waals surface area contributed by atoms with Crippen LogP contribution in [0.25, 0.3) is 6.08 Å². The lowest BCUT2D eigenvalue weighted by atomic mass is 10.1. The molecule has 2 aliphatic heterocycles. The molecule has 0 saturated carbocycles. The first-order valence-electron chi connectivity index (χ1n) is 13.8. The van der Waals surface area contributed by atoms with Crippen LogP contribution in [0.2, 0.25) is 0 Å². The summed E-state index contributed by atoms with van der Waals surface area (Å²) < 4.78 is 11.6. The van der Waals surface area contributed by atoms with E-state index in [-0.39, 0.29) is 29.7 Å². The molecule has 222 valence electrons. The van der Waals surface area contributed by atoms with E-state index >= 15 is 0 Å². The summed E-state index contributed by atoms with van der Waals surface area (Å²) in [6, 6.07) is 21.2. The van der Waals surface area contributed by atoms with Crippen LogP contribution in [0.4, 0.5) is 16.2 Å². The number of hydrogen-bond donors (Lipinski definition) is 0. The SMILES string of the molecule is CCOc1cc(/C=C2/SC(=O)N(CC(=O)N3CCN(c4ccccc4)CC3)C2=O)ccc1OCc1cccc([N+](=O)[O-])c1. The van der Waals surface area contributed by atoms with Crippen LogP contribution in [-0.4, -0.2) is 71.1 Å². The third-order valence-corrected chi connectivity index (χ3v) is 7.91. The lowest BCUT2D eigenvalue weighted by molar-refractivity contribution is -0.384. The smallest absolute Gasteiger partial charge is 0.294 e. The van der Waals surface area contributed by atoms with Crippen molar-refractivity contribution in [3.63, 3.8) is 0 Å². The van der Waals surface area contributed by atoms with E-state index in [0.717, 1.165) is 22.3 Å². The van der Waals surface area contributed by atoms with Crippen molar-refractivity contribution < 1.29 is 28.8 Å². The number of carbonyl (C=O) groups excluding carboxylic acids is 3.